The van der Waals surface area contributed by atoms with Crippen molar-refractivity contribution in [3.63, 3.8) is 0 Å². The molecule has 98 valence electrons. The van der Waals surface area contributed by atoms with Crippen LogP contribution in [0, 0.1) is 0 Å². The van der Waals surface area contributed by atoms with E-state index < -0.39 is 0 Å². The number of halogens is 1. The summed E-state index contributed by atoms with van der Waals surface area (Å²) < 4.78 is 0.842. The third-order valence-electron chi connectivity index (χ3n) is 3.49. The Morgan fingerprint density at radius 1 is 1.50 bits per heavy atom. The van der Waals surface area contributed by atoms with Gasteiger partial charge in [-0.3, -0.25) is 14.7 Å². The fourth-order valence-corrected chi connectivity index (χ4v) is 2.65. The second-order valence-electron chi connectivity index (χ2n) is 4.69. The molecule has 0 spiro atoms. The summed E-state index contributed by atoms with van der Waals surface area (Å²) in [6, 6.07) is 2.29. The smallest absolute Gasteiger partial charge is 0.255 e. The summed E-state index contributed by atoms with van der Waals surface area (Å²) in [5.41, 5.74) is 0.656. The minimum Gasteiger partial charge on any atom is -0.336 e. The van der Waals surface area contributed by atoms with Gasteiger partial charge in [0.25, 0.3) is 5.91 Å². The Bertz CT molecular complexity index is 438. The Hall–Kier alpha value is -0.940. The summed E-state index contributed by atoms with van der Waals surface area (Å²) in [6.07, 6.45) is 4.39. The van der Waals surface area contributed by atoms with E-state index in [0.29, 0.717) is 11.6 Å². The van der Waals surface area contributed by atoms with Gasteiger partial charge in [0, 0.05) is 42.5 Å². The van der Waals surface area contributed by atoms with E-state index in [2.05, 4.69) is 39.8 Å². The maximum absolute atomic E-state index is 12.4. The van der Waals surface area contributed by atoms with Gasteiger partial charge < -0.3 is 4.90 Å². The molecule has 1 aromatic rings. The average molecular weight is 312 g/mol. The lowest BCUT2D eigenvalue weighted by Crippen LogP contribution is -2.52. The Balaban J connectivity index is 2.10. The molecule has 1 unspecified atom stereocenters. The van der Waals surface area contributed by atoms with Gasteiger partial charge in [-0.1, -0.05) is 6.92 Å². The van der Waals surface area contributed by atoms with Gasteiger partial charge in [-0.15, -0.1) is 0 Å². The molecule has 1 aliphatic rings. The van der Waals surface area contributed by atoms with Crippen molar-refractivity contribution in [3.05, 3.63) is 28.5 Å². The Morgan fingerprint density at radius 3 is 2.94 bits per heavy atom. The molecule has 2 heterocycles. The lowest BCUT2D eigenvalue weighted by Gasteiger charge is -2.39. The molecule has 0 N–H and O–H groups in total. The molecule has 2 rings (SSSR count). The van der Waals surface area contributed by atoms with Crippen LogP contribution in [0.4, 0.5) is 0 Å². The van der Waals surface area contributed by atoms with E-state index in [-0.39, 0.29) is 5.91 Å². The van der Waals surface area contributed by atoms with Crippen LogP contribution in [0.15, 0.2) is 22.9 Å². The van der Waals surface area contributed by atoms with Crippen molar-refractivity contribution in [3.8, 4) is 0 Å². The van der Waals surface area contributed by atoms with Crippen LogP contribution in [-0.2, 0) is 0 Å². The van der Waals surface area contributed by atoms with Gasteiger partial charge in [-0.25, -0.2) is 0 Å². The van der Waals surface area contributed by atoms with E-state index in [4.69, 9.17) is 0 Å². The van der Waals surface area contributed by atoms with Gasteiger partial charge in [0.05, 0.1) is 5.56 Å². The largest absolute Gasteiger partial charge is 0.336 e. The topological polar surface area (TPSA) is 36.4 Å². The molecule has 18 heavy (non-hydrogen) atoms. The second kappa shape index (κ2) is 5.80. The number of rotatable bonds is 2. The zero-order valence-corrected chi connectivity index (χ0v) is 12.4. The van der Waals surface area contributed by atoms with Crippen LogP contribution in [0.3, 0.4) is 0 Å². The molecule has 1 fully saturated rings. The number of likely N-dealkylation sites (N-methyl/N-ethyl adjacent to an activating group) is 1. The number of hydrogen-bond donors (Lipinski definition) is 0. The maximum Gasteiger partial charge on any atom is 0.255 e. The number of aromatic nitrogens is 1. The molecule has 1 saturated heterocycles. The molecular weight excluding hydrogens is 294 g/mol. The van der Waals surface area contributed by atoms with Gasteiger partial charge in [-0.2, -0.15) is 0 Å². The monoisotopic (exact) mass is 311 g/mol. The van der Waals surface area contributed by atoms with Crippen molar-refractivity contribution in [2.75, 3.05) is 26.7 Å². The first-order chi connectivity index (χ1) is 8.61. The fourth-order valence-electron chi connectivity index (χ4n) is 2.28. The van der Waals surface area contributed by atoms with E-state index >= 15 is 0 Å². The first kappa shape index (κ1) is 13.5. The molecule has 0 saturated carbocycles. The molecule has 1 aliphatic heterocycles. The Kier molecular flexibility index (Phi) is 4.35. The molecule has 1 amide bonds. The number of carbonyl (C=O) groups excluding carboxylic acids is 1. The molecule has 5 heteroatoms. The predicted octanol–water partition coefficient (Wildman–Crippen LogP) is 2.01. The fraction of sp³-hybridized carbons (Fsp3) is 0.538. The van der Waals surface area contributed by atoms with Crippen LogP contribution in [0.1, 0.15) is 23.7 Å². The second-order valence-corrected chi connectivity index (χ2v) is 5.60. The highest BCUT2D eigenvalue weighted by Crippen LogP contribution is 2.16. The number of pyridine rings is 1. The predicted molar refractivity (Wildman–Crippen MR) is 74.5 cm³/mol. The van der Waals surface area contributed by atoms with E-state index in [1.165, 1.54) is 0 Å². The number of amides is 1. The van der Waals surface area contributed by atoms with Crippen LogP contribution in [0.2, 0.25) is 0 Å². The zero-order chi connectivity index (χ0) is 13.1. The molecule has 1 atom stereocenters. The normalized spacial score (nSPS) is 21.1. The summed E-state index contributed by atoms with van der Waals surface area (Å²) >= 11 is 3.35. The first-order valence-corrected chi connectivity index (χ1v) is 7.01. The molecule has 0 aliphatic carbocycles. The first-order valence-electron chi connectivity index (χ1n) is 6.22. The summed E-state index contributed by atoms with van der Waals surface area (Å²) in [4.78, 5) is 20.7. The van der Waals surface area contributed by atoms with E-state index in [1.807, 2.05) is 11.0 Å². The Labute approximate surface area is 116 Å². The molecule has 0 bridgehead atoms. The van der Waals surface area contributed by atoms with Crippen molar-refractivity contribution in [2.45, 2.75) is 19.4 Å². The van der Waals surface area contributed by atoms with Crippen LogP contribution >= 0.6 is 15.9 Å². The Morgan fingerprint density at radius 2 is 2.28 bits per heavy atom. The van der Waals surface area contributed by atoms with Gasteiger partial charge >= 0.3 is 0 Å². The highest BCUT2D eigenvalue weighted by atomic mass is 79.9. The van der Waals surface area contributed by atoms with Crippen molar-refractivity contribution in [2.24, 2.45) is 0 Å². The molecule has 0 radical (unpaired) electrons. The van der Waals surface area contributed by atoms with Gasteiger partial charge in [-0.05, 0) is 35.5 Å². The van der Waals surface area contributed by atoms with Crippen molar-refractivity contribution in [1.82, 2.24) is 14.8 Å². The van der Waals surface area contributed by atoms with Gasteiger partial charge in [0.15, 0.2) is 0 Å². The van der Waals surface area contributed by atoms with E-state index in [1.54, 1.807) is 12.4 Å². The van der Waals surface area contributed by atoms with Crippen LogP contribution in [0.25, 0.3) is 0 Å². The summed E-state index contributed by atoms with van der Waals surface area (Å²) in [6.45, 7) is 4.69. The number of carbonyl (C=O) groups is 1. The molecule has 4 nitrogen and oxygen atoms in total. The summed E-state index contributed by atoms with van der Waals surface area (Å²) in [7, 11) is 2.12. The summed E-state index contributed by atoms with van der Waals surface area (Å²) in [5, 5.41) is 0. The molecule has 1 aromatic heterocycles. The minimum atomic E-state index is 0.0790. The maximum atomic E-state index is 12.4. The van der Waals surface area contributed by atoms with Crippen molar-refractivity contribution in [1.29, 1.82) is 0 Å². The minimum absolute atomic E-state index is 0.0790. The zero-order valence-electron chi connectivity index (χ0n) is 10.8. The van der Waals surface area contributed by atoms with Crippen LogP contribution in [0.5, 0.6) is 0 Å². The number of piperazine rings is 1. The van der Waals surface area contributed by atoms with Crippen LogP contribution < -0.4 is 0 Å². The molecule has 0 aromatic carbocycles. The lowest BCUT2D eigenvalue weighted by atomic mass is 10.1. The van der Waals surface area contributed by atoms with Crippen LogP contribution in [-0.4, -0.2) is 53.4 Å². The number of hydrogen-bond acceptors (Lipinski definition) is 3. The van der Waals surface area contributed by atoms with Crippen molar-refractivity contribution < 1.29 is 4.79 Å². The van der Waals surface area contributed by atoms with Gasteiger partial charge in [0.1, 0.15) is 0 Å². The summed E-state index contributed by atoms with van der Waals surface area (Å²) in [5.74, 6) is 0.0790. The standard InChI is InChI=1S/C13H18BrN3O/c1-3-12-9-17(5-4-16(12)2)13(18)10-6-11(14)8-15-7-10/h6-8,12H,3-5,9H2,1-2H3. The highest BCUT2D eigenvalue weighted by molar-refractivity contribution is 9.10. The van der Waals surface area contributed by atoms with E-state index in [0.717, 1.165) is 30.5 Å². The third-order valence-corrected chi connectivity index (χ3v) is 3.92. The van der Waals surface area contributed by atoms with Crippen molar-refractivity contribution >= 4 is 21.8 Å². The number of nitrogens with zero attached hydrogens (tertiary/aromatic N) is 3. The molecular formula is C13H18BrN3O. The lowest BCUT2D eigenvalue weighted by molar-refractivity contribution is 0.0541. The average Bonchev–Trinajstić information content (AvgIpc) is 2.38. The van der Waals surface area contributed by atoms with Gasteiger partial charge in [0.2, 0.25) is 0 Å². The SMILES string of the molecule is CCC1CN(C(=O)c2cncc(Br)c2)CCN1C. The third kappa shape index (κ3) is 2.90. The quantitative estimate of drug-likeness (QED) is 0.838. The van der Waals surface area contributed by atoms with E-state index in [9.17, 15) is 4.79 Å². The highest BCUT2D eigenvalue weighted by Gasteiger charge is 2.26.